The number of nitrogens with zero attached hydrogens (tertiary/aromatic N) is 2. The number of alkyl halides is 1. The minimum absolute atomic E-state index is 0.253. The van der Waals surface area contributed by atoms with Crippen LogP contribution in [0.3, 0.4) is 0 Å². The molecule has 0 unspecified atom stereocenters. The molecule has 2 nitrogen and oxygen atoms in total. The van der Waals surface area contributed by atoms with Crippen molar-refractivity contribution in [2.45, 2.75) is 38.1 Å². The lowest BCUT2D eigenvalue weighted by Gasteiger charge is -2.41. The van der Waals surface area contributed by atoms with E-state index in [2.05, 4.69) is 52.3 Å². The second kappa shape index (κ2) is 4.67. The van der Waals surface area contributed by atoms with Crippen LogP contribution in [0.1, 0.15) is 32.0 Å². The number of fused-ring (bicyclic) bond motifs is 1. The summed E-state index contributed by atoms with van der Waals surface area (Å²) in [5.41, 5.74) is 2.62. The molecule has 1 aliphatic rings. The molecule has 2 aromatic rings. The summed E-state index contributed by atoms with van der Waals surface area (Å²) in [6.07, 6.45) is 4.67. The molecule has 96 valence electrons. The van der Waals surface area contributed by atoms with Gasteiger partial charge in [-0.25, -0.2) is 4.98 Å². The fraction of sp³-hybridized carbons (Fsp3) is 0.500. The molecule has 0 N–H and O–H groups in total. The summed E-state index contributed by atoms with van der Waals surface area (Å²) >= 11 is 8.26. The highest BCUT2D eigenvalue weighted by atomic mass is 127. The molecule has 4 heteroatoms. The summed E-state index contributed by atoms with van der Waals surface area (Å²) in [6.45, 7) is 2.34. The summed E-state index contributed by atoms with van der Waals surface area (Å²) in [4.78, 5) is 4.79. The van der Waals surface area contributed by atoms with E-state index in [4.69, 9.17) is 16.6 Å². The van der Waals surface area contributed by atoms with Crippen LogP contribution in [0.5, 0.6) is 0 Å². The van der Waals surface area contributed by atoms with Gasteiger partial charge in [0, 0.05) is 21.4 Å². The largest absolute Gasteiger partial charge is 0.322 e. The van der Waals surface area contributed by atoms with Crippen molar-refractivity contribution < 1.29 is 0 Å². The Kier molecular flexibility index (Phi) is 3.30. The molecule has 0 bridgehead atoms. The van der Waals surface area contributed by atoms with Crippen LogP contribution in [0.4, 0.5) is 0 Å². The molecule has 1 aromatic carbocycles. The predicted octanol–water partition coefficient (Wildman–Crippen LogP) is 4.32. The normalized spacial score (nSPS) is 17.9. The zero-order valence-electron chi connectivity index (χ0n) is 10.4. The van der Waals surface area contributed by atoms with Crippen molar-refractivity contribution in [3.05, 3.63) is 27.6 Å². The summed E-state index contributed by atoms with van der Waals surface area (Å²) in [6, 6.07) is 6.52. The van der Waals surface area contributed by atoms with E-state index in [1.807, 2.05) is 0 Å². The van der Waals surface area contributed by atoms with Crippen LogP contribution in [0.2, 0.25) is 0 Å². The number of hydrogen-bond donors (Lipinski definition) is 0. The van der Waals surface area contributed by atoms with E-state index in [1.165, 1.54) is 28.3 Å². The Balaban J connectivity index is 2.21. The molecular weight excluding hydrogens is 359 g/mol. The number of benzene rings is 1. The number of hydrogen-bond acceptors (Lipinski definition) is 1. The van der Waals surface area contributed by atoms with Gasteiger partial charge >= 0.3 is 0 Å². The van der Waals surface area contributed by atoms with Crippen LogP contribution < -0.4 is 0 Å². The van der Waals surface area contributed by atoms with Crippen molar-refractivity contribution in [3.8, 4) is 0 Å². The Labute approximate surface area is 126 Å². The van der Waals surface area contributed by atoms with E-state index in [-0.39, 0.29) is 5.54 Å². The first kappa shape index (κ1) is 12.7. The van der Waals surface area contributed by atoms with Gasteiger partial charge < -0.3 is 4.57 Å². The van der Waals surface area contributed by atoms with Crippen molar-refractivity contribution in [1.82, 2.24) is 9.55 Å². The molecule has 1 aromatic heterocycles. The van der Waals surface area contributed by atoms with E-state index in [0.717, 1.165) is 17.8 Å². The van der Waals surface area contributed by atoms with Crippen LogP contribution in [-0.4, -0.2) is 15.4 Å². The SMILES string of the molecule is CC1(n2c(CCCl)nc3cc(I)ccc32)CCC1. The Hall–Kier alpha value is -0.290. The van der Waals surface area contributed by atoms with Gasteiger partial charge in [0.25, 0.3) is 0 Å². The second-order valence-corrected chi connectivity index (χ2v) is 6.91. The van der Waals surface area contributed by atoms with Crippen LogP contribution >= 0.6 is 34.2 Å². The first-order chi connectivity index (χ1) is 8.64. The average molecular weight is 375 g/mol. The van der Waals surface area contributed by atoms with Crippen LogP contribution in [0.15, 0.2) is 18.2 Å². The van der Waals surface area contributed by atoms with Crippen molar-refractivity contribution in [1.29, 1.82) is 0 Å². The third-order valence-corrected chi connectivity index (χ3v) is 4.83. The van der Waals surface area contributed by atoms with Crippen molar-refractivity contribution >= 4 is 45.2 Å². The molecule has 0 radical (unpaired) electrons. The van der Waals surface area contributed by atoms with E-state index in [1.54, 1.807) is 0 Å². The van der Waals surface area contributed by atoms with Crippen molar-refractivity contribution in [2.24, 2.45) is 0 Å². The molecule has 0 amide bonds. The summed E-state index contributed by atoms with van der Waals surface area (Å²) in [5, 5.41) is 0. The molecule has 1 saturated carbocycles. The third kappa shape index (κ3) is 1.95. The highest BCUT2D eigenvalue weighted by Crippen LogP contribution is 2.41. The highest BCUT2D eigenvalue weighted by Gasteiger charge is 2.36. The minimum atomic E-state index is 0.253. The number of rotatable bonds is 3. The van der Waals surface area contributed by atoms with Gasteiger partial charge in [-0.1, -0.05) is 0 Å². The van der Waals surface area contributed by atoms with Gasteiger partial charge in [0.1, 0.15) is 5.82 Å². The first-order valence-corrected chi connectivity index (χ1v) is 7.99. The number of imidazole rings is 1. The maximum Gasteiger partial charge on any atom is 0.111 e. The molecule has 18 heavy (non-hydrogen) atoms. The lowest BCUT2D eigenvalue weighted by molar-refractivity contribution is 0.170. The molecule has 1 aliphatic carbocycles. The van der Waals surface area contributed by atoms with Gasteiger partial charge in [0.05, 0.1) is 11.0 Å². The maximum atomic E-state index is 5.92. The van der Waals surface area contributed by atoms with Crippen LogP contribution in [-0.2, 0) is 12.0 Å². The number of aromatic nitrogens is 2. The predicted molar refractivity (Wildman–Crippen MR) is 84.4 cm³/mol. The molecule has 0 spiro atoms. The highest BCUT2D eigenvalue weighted by molar-refractivity contribution is 14.1. The molecule has 1 fully saturated rings. The van der Waals surface area contributed by atoms with E-state index >= 15 is 0 Å². The van der Waals surface area contributed by atoms with Crippen molar-refractivity contribution in [2.75, 3.05) is 5.88 Å². The lowest BCUT2D eigenvalue weighted by Crippen LogP contribution is -2.38. The molecule has 1 heterocycles. The third-order valence-electron chi connectivity index (χ3n) is 3.97. The van der Waals surface area contributed by atoms with Gasteiger partial charge in [-0.3, -0.25) is 0 Å². The van der Waals surface area contributed by atoms with E-state index in [9.17, 15) is 0 Å². The van der Waals surface area contributed by atoms with Gasteiger partial charge in [-0.15, -0.1) is 11.6 Å². The van der Waals surface area contributed by atoms with Crippen LogP contribution in [0.25, 0.3) is 11.0 Å². The van der Waals surface area contributed by atoms with Gasteiger partial charge in [-0.05, 0) is 67.0 Å². The fourth-order valence-corrected chi connectivity index (χ4v) is 3.51. The smallest absolute Gasteiger partial charge is 0.111 e. The summed E-state index contributed by atoms with van der Waals surface area (Å²) in [7, 11) is 0. The molecule has 0 saturated heterocycles. The van der Waals surface area contributed by atoms with E-state index in [0.29, 0.717) is 5.88 Å². The zero-order valence-corrected chi connectivity index (χ0v) is 13.3. The van der Waals surface area contributed by atoms with Gasteiger partial charge in [0.15, 0.2) is 0 Å². The fourth-order valence-electron chi connectivity index (χ4n) is 2.87. The topological polar surface area (TPSA) is 17.8 Å². The second-order valence-electron chi connectivity index (χ2n) is 5.29. The average Bonchev–Trinajstić information content (AvgIpc) is 2.64. The molecular formula is C14H16ClIN2. The molecule has 0 aliphatic heterocycles. The first-order valence-electron chi connectivity index (χ1n) is 6.37. The van der Waals surface area contributed by atoms with Gasteiger partial charge in [0.2, 0.25) is 0 Å². The number of aryl methyl sites for hydroxylation is 1. The van der Waals surface area contributed by atoms with Crippen molar-refractivity contribution in [3.63, 3.8) is 0 Å². The molecule has 3 rings (SSSR count). The standard InChI is InChI=1S/C14H16ClIN2/c1-14(6-2-7-14)18-12-4-3-10(16)9-11(12)17-13(18)5-8-15/h3-4,9H,2,5-8H2,1H3. The van der Waals surface area contributed by atoms with Gasteiger partial charge in [-0.2, -0.15) is 0 Å². The minimum Gasteiger partial charge on any atom is -0.322 e. The Morgan fingerprint density at radius 2 is 2.22 bits per heavy atom. The summed E-state index contributed by atoms with van der Waals surface area (Å²) < 4.78 is 3.67. The maximum absolute atomic E-state index is 5.92. The van der Waals surface area contributed by atoms with E-state index < -0.39 is 0 Å². The Morgan fingerprint density at radius 1 is 1.44 bits per heavy atom. The van der Waals surface area contributed by atoms with Crippen LogP contribution in [0, 0.1) is 3.57 Å². The summed E-state index contributed by atoms with van der Waals surface area (Å²) in [5.74, 6) is 1.78. The Bertz CT molecular complexity index is 587. The zero-order chi connectivity index (χ0) is 12.8. The molecule has 0 atom stereocenters. The lowest BCUT2D eigenvalue weighted by atomic mass is 9.78. The number of halogens is 2. The Morgan fingerprint density at radius 3 is 2.83 bits per heavy atom. The monoisotopic (exact) mass is 374 g/mol. The quantitative estimate of drug-likeness (QED) is 0.578.